The van der Waals surface area contributed by atoms with Crippen LogP contribution in [0.3, 0.4) is 0 Å². The molecule has 0 saturated carbocycles. The second-order valence-corrected chi connectivity index (χ2v) is 5.62. The number of aromatic nitrogens is 1. The Bertz CT molecular complexity index is 901. The van der Waals surface area contributed by atoms with Crippen LogP contribution in [0.5, 0.6) is 0 Å². The molecule has 2 heterocycles. The fourth-order valence-electron chi connectivity index (χ4n) is 2.83. The van der Waals surface area contributed by atoms with Crippen molar-refractivity contribution < 1.29 is 13.2 Å². The van der Waals surface area contributed by atoms with Gasteiger partial charge in [0, 0.05) is 17.5 Å². The Balaban J connectivity index is 2.37. The van der Waals surface area contributed by atoms with Gasteiger partial charge in [0.15, 0.2) is 0 Å². The Hall–Kier alpha value is -2.49. The van der Waals surface area contributed by atoms with Crippen LogP contribution >= 0.6 is 0 Å². The van der Waals surface area contributed by atoms with Crippen LogP contribution in [0.15, 0.2) is 49.2 Å². The zero-order valence-corrected chi connectivity index (χ0v) is 12.9. The second kappa shape index (κ2) is 5.30. The van der Waals surface area contributed by atoms with E-state index in [0.717, 1.165) is 16.8 Å². The Kier molecular flexibility index (Phi) is 3.55. The number of hydrogen-bond acceptors (Lipinski definition) is 0. The number of hydrogen-bond donors (Lipinski definition) is 0. The van der Waals surface area contributed by atoms with Crippen molar-refractivity contribution in [3.63, 3.8) is 0 Å². The molecule has 118 valence electrons. The number of rotatable bonds is 2. The van der Waals surface area contributed by atoms with Crippen LogP contribution in [0, 0.1) is 13.8 Å². The first-order valence-electron chi connectivity index (χ1n) is 7.24. The number of fused-ring (bicyclic) bond motifs is 1. The maximum atomic E-state index is 13.5. The van der Waals surface area contributed by atoms with Gasteiger partial charge in [-0.15, -0.1) is 0 Å². The molecule has 3 rings (SSSR count). The van der Waals surface area contributed by atoms with Gasteiger partial charge in [-0.3, -0.25) is 0 Å². The van der Waals surface area contributed by atoms with Gasteiger partial charge >= 0.3 is 6.18 Å². The van der Waals surface area contributed by atoms with Crippen LogP contribution < -0.4 is 0 Å². The van der Waals surface area contributed by atoms with E-state index in [9.17, 15) is 13.2 Å². The van der Waals surface area contributed by atoms with E-state index >= 15 is 0 Å². The molecule has 0 aliphatic heterocycles. The van der Waals surface area contributed by atoms with Crippen molar-refractivity contribution in [2.75, 3.05) is 0 Å². The molecule has 0 fully saturated rings. The number of halogens is 3. The fourth-order valence-corrected chi connectivity index (χ4v) is 2.83. The van der Waals surface area contributed by atoms with E-state index in [4.69, 9.17) is 0 Å². The summed E-state index contributed by atoms with van der Waals surface area (Å²) in [6.07, 6.45) is -0.888. The zero-order chi connectivity index (χ0) is 16.8. The van der Waals surface area contributed by atoms with E-state index in [2.05, 4.69) is 6.58 Å². The van der Waals surface area contributed by atoms with Gasteiger partial charge in [-0.25, -0.2) is 0 Å². The number of benzene rings is 1. The molecule has 0 amide bonds. The van der Waals surface area contributed by atoms with Crippen molar-refractivity contribution in [2.24, 2.45) is 0 Å². The van der Waals surface area contributed by atoms with Crippen LogP contribution in [-0.4, -0.2) is 4.40 Å². The molecular formula is C19H16F3N. The molecule has 1 aromatic carbocycles. The lowest BCUT2D eigenvalue weighted by Gasteiger charge is -2.17. The first-order chi connectivity index (χ1) is 10.8. The third-order valence-corrected chi connectivity index (χ3v) is 4.16. The summed E-state index contributed by atoms with van der Waals surface area (Å²) < 4.78 is 42.3. The molecule has 0 radical (unpaired) electrons. The monoisotopic (exact) mass is 315 g/mol. The highest BCUT2D eigenvalue weighted by Gasteiger charge is 2.34. The SMILES string of the molecule is C=Cc1ccc2c(-c3cc(C)c(C)cc3C(F)(F)F)cccn12. The van der Waals surface area contributed by atoms with Crippen molar-refractivity contribution in [3.8, 4) is 11.1 Å². The lowest BCUT2D eigenvalue weighted by atomic mass is 9.94. The van der Waals surface area contributed by atoms with Gasteiger partial charge in [0.25, 0.3) is 0 Å². The second-order valence-electron chi connectivity index (χ2n) is 5.62. The maximum absolute atomic E-state index is 13.5. The first kappa shape index (κ1) is 15.4. The number of nitrogens with zero attached hydrogens (tertiary/aromatic N) is 1. The normalized spacial score (nSPS) is 11.9. The Morgan fingerprint density at radius 3 is 2.35 bits per heavy atom. The van der Waals surface area contributed by atoms with Gasteiger partial charge in [0.05, 0.1) is 11.1 Å². The molecule has 23 heavy (non-hydrogen) atoms. The maximum Gasteiger partial charge on any atom is 0.417 e. The molecule has 0 N–H and O–H groups in total. The third-order valence-electron chi connectivity index (χ3n) is 4.16. The average Bonchev–Trinajstić information content (AvgIpc) is 2.91. The van der Waals surface area contributed by atoms with E-state index in [1.54, 1.807) is 31.2 Å². The third kappa shape index (κ3) is 2.54. The Labute approximate surface area is 132 Å². The van der Waals surface area contributed by atoms with Gasteiger partial charge in [-0.05, 0) is 60.9 Å². The molecule has 0 bridgehead atoms. The summed E-state index contributed by atoms with van der Waals surface area (Å²) in [6.45, 7) is 7.26. The van der Waals surface area contributed by atoms with E-state index < -0.39 is 11.7 Å². The van der Waals surface area contributed by atoms with Gasteiger partial charge in [-0.2, -0.15) is 13.2 Å². The van der Waals surface area contributed by atoms with Crippen molar-refractivity contribution in [1.29, 1.82) is 0 Å². The molecule has 1 nitrogen and oxygen atoms in total. The average molecular weight is 315 g/mol. The van der Waals surface area contributed by atoms with Gasteiger partial charge in [0.2, 0.25) is 0 Å². The largest absolute Gasteiger partial charge is 0.417 e. The number of aryl methyl sites for hydroxylation is 2. The molecule has 0 atom stereocenters. The Morgan fingerprint density at radius 1 is 1.00 bits per heavy atom. The standard InChI is InChI=1S/C19H16F3N/c1-4-14-7-8-18-15(6-5-9-23(14)18)16-10-12(2)13(3)11-17(16)19(20,21)22/h4-11H,1H2,2-3H3. The van der Waals surface area contributed by atoms with E-state index in [1.165, 1.54) is 6.07 Å². The predicted molar refractivity (Wildman–Crippen MR) is 87.4 cm³/mol. The lowest BCUT2D eigenvalue weighted by molar-refractivity contribution is -0.137. The quantitative estimate of drug-likeness (QED) is 0.556. The highest BCUT2D eigenvalue weighted by atomic mass is 19.4. The topological polar surface area (TPSA) is 4.41 Å². The summed E-state index contributed by atoms with van der Waals surface area (Å²) in [5.74, 6) is 0. The molecule has 2 aromatic heterocycles. The van der Waals surface area contributed by atoms with Crippen LogP contribution in [0.4, 0.5) is 13.2 Å². The van der Waals surface area contributed by atoms with Crippen molar-refractivity contribution in [2.45, 2.75) is 20.0 Å². The van der Waals surface area contributed by atoms with Crippen molar-refractivity contribution >= 4 is 11.6 Å². The molecule has 0 spiro atoms. The summed E-state index contributed by atoms with van der Waals surface area (Å²) in [5.41, 5.74) is 3.22. The van der Waals surface area contributed by atoms with E-state index in [-0.39, 0.29) is 5.56 Å². The van der Waals surface area contributed by atoms with Crippen LogP contribution in [0.1, 0.15) is 22.4 Å². The highest BCUT2D eigenvalue weighted by molar-refractivity contribution is 5.84. The highest BCUT2D eigenvalue weighted by Crippen LogP contribution is 2.40. The predicted octanol–water partition coefficient (Wildman–Crippen LogP) is 5.88. The minimum absolute atomic E-state index is 0.208. The van der Waals surface area contributed by atoms with E-state index in [1.807, 2.05) is 29.7 Å². The summed E-state index contributed by atoms with van der Waals surface area (Å²) in [5, 5.41) is 0. The fraction of sp³-hybridized carbons (Fsp3) is 0.158. The van der Waals surface area contributed by atoms with E-state index in [0.29, 0.717) is 11.1 Å². The molecule has 0 aliphatic rings. The number of pyridine rings is 1. The summed E-state index contributed by atoms with van der Waals surface area (Å²) in [7, 11) is 0. The molecular weight excluding hydrogens is 299 g/mol. The molecule has 0 unspecified atom stereocenters. The molecule has 3 aromatic rings. The molecule has 4 heteroatoms. The van der Waals surface area contributed by atoms with Crippen LogP contribution in [-0.2, 0) is 6.18 Å². The Morgan fingerprint density at radius 2 is 1.70 bits per heavy atom. The molecule has 0 aliphatic carbocycles. The number of alkyl halides is 3. The minimum Gasteiger partial charge on any atom is -0.317 e. The van der Waals surface area contributed by atoms with Crippen molar-refractivity contribution in [3.05, 3.63) is 71.6 Å². The van der Waals surface area contributed by atoms with Gasteiger partial charge in [-0.1, -0.05) is 18.7 Å². The minimum atomic E-state index is -4.39. The summed E-state index contributed by atoms with van der Waals surface area (Å²) in [4.78, 5) is 0. The smallest absolute Gasteiger partial charge is 0.317 e. The summed E-state index contributed by atoms with van der Waals surface area (Å²) in [6, 6.07) is 9.99. The van der Waals surface area contributed by atoms with Gasteiger partial charge < -0.3 is 4.40 Å². The summed E-state index contributed by atoms with van der Waals surface area (Å²) >= 11 is 0. The molecule has 0 saturated heterocycles. The lowest BCUT2D eigenvalue weighted by Crippen LogP contribution is -2.08. The first-order valence-corrected chi connectivity index (χ1v) is 7.24. The zero-order valence-electron chi connectivity index (χ0n) is 12.9. The van der Waals surface area contributed by atoms with Crippen LogP contribution in [0.25, 0.3) is 22.7 Å². The van der Waals surface area contributed by atoms with Gasteiger partial charge in [0.1, 0.15) is 0 Å². The van der Waals surface area contributed by atoms with Crippen molar-refractivity contribution in [1.82, 2.24) is 4.40 Å². The van der Waals surface area contributed by atoms with Crippen LogP contribution in [0.2, 0.25) is 0 Å².